The molecule has 1 aliphatic rings. The Bertz CT molecular complexity index is 477. The summed E-state index contributed by atoms with van der Waals surface area (Å²) in [5, 5.41) is 2.40. The number of benzene rings is 1. The van der Waals surface area contributed by atoms with Crippen LogP contribution in [0.1, 0.15) is 5.56 Å². The molecule has 0 atom stereocenters. The summed E-state index contributed by atoms with van der Waals surface area (Å²) in [6.45, 7) is -0.0101. The average Bonchev–Trinajstić information content (AvgIpc) is 2.29. The van der Waals surface area contributed by atoms with Gasteiger partial charge in [0.05, 0.1) is 13.1 Å². The number of amides is 2. The molecular weight excluding hydrogens is 230 g/mol. The van der Waals surface area contributed by atoms with Crippen LogP contribution in [0.5, 0.6) is 0 Å². The Morgan fingerprint density at radius 1 is 1.24 bits per heavy atom. The zero-order valence-electron chi connectivity index (χ0n) is 8.87. The molecule has 0 aromatic heterocycles. The molecule has 1 N–H and O–H groups in total. The van der Waals surface area contributed by atoms with Crippen LogP contribution < -0.4 is 5.32 Å². The van der Waals surface area contributed by atoms with Crippen LogP contribution in [0.4, 0.5) is 8.78 Å². The highest BCUT2D eigenvalue weighted by Gasteiger charge is 2.23. The van der Waals surface area contributed by atoms with Gasteiger partial charge in [-0.15, -0.1) is 0 Å². The number of carbonyl (C=O) groups is 2. The van der Waals surface area contributed by atoms with Crippen LogP contribution >= 0.6 is 0 Å². The average molecular weight is 240 g/mol. The van der Waals surface area contributed by atoms with Gasteiger partial charge >= 0.3 is 0 Å². The topological polar surface area (TPSA) is 49.4 Å². The first kappa shape index (κ1) is 11.5. The second-order valence-corrected chi connectivity index (χ2v) is 3.77. The zero-order valence-corrected chi connectivity index (χ0v) is 8.87. The predicted octanol–water partition coefficient (Wildman–Crippen LogP) is 0.423. The number of halogens is 2. The standard InChI is InChI=1S/C11H10F2N2O2/c12-8-2-1-7(3-9(8)13)5-15-6-10(16)14-4-11(15)17/h1-3H,4-6H2,(H,14,16). The molecule has 1 heterocycles. The second-order valence-electron chi connectivity index (χ2n) is 3.77. The molecule has 0 aliphatic carbocycles. The first-order valence-corrected chi connectivity index (χ1v) is 5.04. The Kier molecular flexibility index (Phi) is 3.03. The summed E-state index contributed by atoms with van der Waals surface area (Å²) >= 11 is 0. The highest BCUT2D eigenvalue weighted by atomic mass is 19.2. The van der Waals surface area contributed by atoms with Crippen molar-refractivity contribution in [2.45, 2.75) is 6.54 Å². The van der Waals surface area contributed by atoms with Gasteiger partial charge in [-0.3, -0.25) is 9.59 Å². The molecule has 0 unspecified atom stereocenters. The molecule has 2 amide bonds. The van der Waals surface area contributed by atoms with Gasteiger partial charge in [-0.05, 0) is 17.7 Å². The van der Waals surface area contributed by atoms with E-state index < -0.39 is 11.6 Å². The number of carbonyl (C=O) groups excluding carboxylic acids is 2. The van der Waals surface area contributed by atoms with E-state index in [0.29, 0.717) is 5.56 Å². The molecule has 0 radical (unpaired) electrons. The van der Waals surface area contributed by atoms with Crippen LogP contribution in [0.15, 0.2) is 18.2 Å². The Labute approximate surface area is 96.2 Å². The number of nitrogens with one attached hydrogen (secondary N) is 1. The molecule has 1 fully saturated rings. The third-order valence-electron chi connectivity index (χ3n) is 2.48. The molecule has 1 aromatic rings. The van der Waals surface area contributed by atoms with Crippen LogP contribution in [0, 0.1) is 11.6 Å². The number of hydrogen-bond donors (Lipinski definition) is 1. The molecule has 17 heavy (non-hydrogen) atoms. The van der Waals surface area contributed by atoms with E-state index in [-0.39, 0.29) is 31.4 Å². The maximum absolute atomic E-state index is 12.9. The lowest BCUT2D eigenvalue weighted by molar-refractivity contribution is -0.141. The van der Waals surface area contributed by atoms with E-state index in [2.05, 4.69) is 5.32 Å². The molecule has 6 heteroatoms. The fourth-order valence-corrected chi connectivity index (χ4v) is 1.61. The fourth-order valence-electron chi connectivity index (χ4n) is 1.61. The first-order chi connectivity index (χ1) is 8.06. The van der Waals surface area contributed by atoms with Gasteiger partial charge in [0.2, 0.25) is 11.8 Å². The van der Waals surface area contributed by atoms with Gasteiger partial charge in [0, 0.05) is 6.54 Å². The van der Waals surface area contributed by atoms with E-state index in [1.807, 2.05) is 0 Å². The monoisotopic (exact) mass is 240 g/mol. The van der Waals surface area contributed by atoms with E-state index in [4.69, 9.17) is 0 Å². The van der Waals surface area contributed by atoms with Crippen molar-refractivity contribution >= 4 is 11.8 Å². The van der Waals surface area contributed by atoms with Crippen molar-refractivity contribution in [1.29, 1.82) is 0 Å². The van der Waals surface area contributed by atoms with Crippen LogP contribution in [-0.2, 0) is 16.1 Å². The maximum Gasteiger partial charge on any atom is 0.242 e. The Morgan fingerprint density at radius 2 is 2.00 bits per heavy atom. The normalized spacial score (nSPS) is 16.0. The molecule has 0 saturated carbocycles. The van der Waals surface area contributed by atoms with Crippen LogP contribution in [0.3, 0.4) is 0 Å². The summed E-state index contributed by atoms with van der Waals surface area (Å²) < 4.78 is 25.6. The van der Waals surface area contributed by atoms with Crippen molar-refractivity contribution in [2.75, 3.05) is 13.1 Å². The van der Waals surface area contributed by atoms with Gasteiger partial charge in [-0.2, -0.15) is 0 Å². The fraction of sp³-hybridized carbons (Fsp3) is 0.273. The van der Waals surface area contributed by atoms with E-state index in [0.717, 1.165) is 12.1 Å². The summed E-state index contributed by atoms with van der Waals surface area (Å²) in [6.07, 6.45) is 0. The minimum absolute atomic E-state index is 0.0531. The molecule has 4 nitrogen and oxygen atoms in total. The smallest absolute Gasteiger partial charge is 0.242 e. The molecule has 90 valence electrons. The van der Waals surface area contributed by atoms with Crippen molar-refractivity contribution in [3.63, 3.8) is 0 Å². The third kappa shape index (κ3) is 2.58. The lowest BCUT2D eigenvalue weighted by Crippen LogP contribution is -2.51. The van der Waals surface area contributed by atoms with E-state index >= 15 is 0 Å². The highest BCUT2D eigenvalue weighted by Crippen LogP contribution is 2.11. The SMILES string of the molecule is O=C1CN(Cc2ccc(F)c(F)c2)C(=O)CN1. The Morgan fingerprint density at radius 3 is 2.71 bits per heavy atom. The van der Waals surface area contributed by atoms with Crippen LogP contribution in [0.25, 0.3) is 0 Å². The number of rotatable bonds is 2. The molecule has 0 bridgehead atoms. The molecule has 1 aliphatic heterocycles. The van der Waals surface area contributed by atoms with Gasteiger partial charge < -0.3 is 10.2 Å². The summed E-state index contributed by atoms with van der Waals surface area (Å²) in [5.41, 5.74) is 0.451. The van der Waals surface area contributed by atoms with E-state index in [9.17, 15) is 18.4 Å². The lowest BCUT2D eigenvalue weighted by Gasteiger charge is -2.26. The second kappa shape index (κ2) is 4.48. The van der Waals surface area contributed by atoms with E-state index in [1.54, 1.807) is 0 Å². The number of piperazine rings is 1. The van der Waals surface area contributed by atoms with Crippen molar-refractivity contribution < 1.29 is 18.4 Å². The quantitative estimate of drug-likeness (QED) is 0.814. The van der Waals surface area contributed by atoms with Gasteiger partial charge in [-0.1, -0.05) is 6.07 Å². The summed E-state index contributed by atoms with van der Waals surface area (Å²) in [6, 6.07) is 3.41. The van der Waals surface area contributed by atoms with Crippen LogP contribution in [-0.4, -0.2) is 29.8 Å². The van der Waals surface area contributed by atoms with Gasteiger partial charge in [-0.25, -0.2) is 8.78 Å². The van der Waals surface area contributed by atoms with Crippen molar-refractivity contribution in [1.82, 2.24) is 10.2 Å². The third-order valence-corrected chi connectivity index (χ3v) is 2.48. The zero-order chi connectivity index (χ0) is 12.4. The molecule has 2 rings (SSSR count). The van der Waals surface area contributed by atoms with Gasteiger partial charge in [0.25, 0.3) is 0 Å². The minimum atomic E-state index is -0.962. The summed E-state index contributed by atoms with van der Waals surface area (Å²) in [4.78, 5) is 23.8. The van der Waals surface area contributed by atoms with E-state index in [1.165, 1.54) is 11.0 Å². The van der Waals surface area contributed by atoms with Gasteiger partial charge in [0.15, 0.2) is 11.6 Å². The van der Waals surface area contributed by atoms with Crippen molar-refractivity contribution in [3.05, 3.63) is 35.4 Å². The summed E-state index contributed by atoms with van der Waals surface area (Å²) in [5.74, 6) is -2.39. The molecular formula is C11H10F2N2O2. The predicted molar refractivity (Wildman–Crippen MR) is 54.8 cm³/mol. The van der Waals surface area contributed by atoms with Crippen molar-refractivity contribution in [3.8, 4) is 0 Å². The van der Waals surface area contributed by atoms with Crippen LogP contribution in [0.2, 0.25) is 0 Å². The Balaban J connectivity index is 2.11. The largest absolute Gasteiger partial charge is 0.345 e. The first-order valence-electron chi connectivity index (χ1n) is 5.04. The van der Waals surface area contributed by atoms with Gasteiger partial charge in [0.1, 0.15) is 0 Å². The highest BCUT2D eigenvalue weighted by molar-refractivity contribution is 5.92. The number of hydrogen-bond acceptors (Lipinski definition) is 2. The summed E-state index contributed by atoms with van der Waals surface area (Å²) in [7, 11) is 0. The Hall–Kier alpha value is -1.98. The minimum Gasteiger partial charge on any atom is -0.345 e. The lowest BCUT2D eigenvalue weighted by atomic mass is 10.2. The molecule has 0 spiro atoms. The maximum atomic E-state index is 12.9. The molecule has 1 saturated heterocycles. The molecule has 1 aromatic carbocycles. The van der Waals surface area contributed by atoms with Crippen molar-refractivity contribution in [2.24, 2.45) is 0 Å². The number of nitrogens with zero attached hydrogens (tertiary/aromatic N) is 1.